The fourth-order valence-electron chi connectivity index (χ4n) is 3.25. The van der Waals surface area contributed by atoms with Gasteiger partial charge in [-0.25, -0.2) is 9.96 Å². The van der Waals surface area contributed by atoms with Crippen LogP contribution in [0.5, 0.6) is 0 Å². The Balaban J connectivity index is 1.96. The van der Waals surface area contributed by atoms with E-state index in [1.54, 1.807) is 25.1 Å². The van der Waals surface area contributed by atoms with Gasteiger partial charge in [0.25, 0.3) is 11.8 Å². The monoisotopic (exact) mass is 362 g/mol. The zero-order valence-electron chi connectivity index (χ0n) is 14.0. The minimum absolute atomic E-state index is 0.00629. The van der Waals surface area contributed by atoms with Gasteiger partial charge in [-0.05, 0) is 50.8 Å². The lowest BCUT2D eigenvalue weighted by Gasteiger charge is -2.24. The molecular formula is C18H19ClN2O4. The van der Waals surface area contributed by atoms with Crippen molar-refractivity contribution in [2.45, 2.75) is 32.6 Å². The summed E-state index contributed by atoms with van der Waals surface area (Å²) in [7, 11) is 0. The van der Waals surface area contributed by atoms with Gasteiger partial charge in [-0.15, -0.1) is 0 Å². The second-order valence-electron chi connectivity index (χ2n) is 5.89. The number of nitrogens with zero attached hydrogens (tertiary/aromatic N) is 2. The van der Waals surface area contributed by atoms with Gasteiger partial charge >= 0.3 is 0 Å². The number of benzene rings is 1. The Morgan fingerprint density at radius 1 is 1.20 bits per heavy atom. The fraction of sp³-hybridized carbons (Fsp3) is 0.389. The zero-order valence-corrected chi connectivity index (χ0v) is 14.7. The third-order valence-corrected chi connectivity index (χ3v) is 4.69. The van der Waals surface area contributed by atoms with Crippen molar-refractivity contribution in [3.8, 4) is 0 Å². The highest BCUT2D eigenvalue weighted by Gasteiger charge is 2.39. The predicted molar refractivity (Wildman–Crippen MR) is 94.5 cm³/mol. The number of anilines is 2. The number of hydrogen-bond donors (Lipinski definition) is 0. The maximum atomic E-state index is 12.7. The molecule has 0 unspecified atom stereocenters. The molecule has 7 heteroatoms. The van der Waals surface area contributed by atoms with Crippen molar-refractivity contribution in [3.63, 3.8) is 0 Å². The number of rotatable bonds is 6. The minimum atomic E-state index is -0.258. The van der Waals surface area contributed by atoms with E-state index in [0.29, 0.717) is 53.3 Å². The molecule has 25 heavy (non-hydrogen) atoms. The van der Waals surface area contributed by atoms with Crippen LogP contribution in [0.25, 0.3) is 0 Å². The lowest BCUT2D eigenvalue weighted by Crippen LogP contribution is -2.32. The molecule has 6 nitrogen and oxygen atoms in total. The van der Waals surface area contributed by atoms with Gasteiger partial charge in [0, 0.05) is 11.1 Å². The second-order valence-corrected chi connectivity index (χ2v) is 6.30. The standard InChI is InChI=1S/C18H19ClN2O4/c1-2-25-20(9-10-22)16-11-12(7-8-15(16)19)21-17(23)13-5-3-4-6-14(13)18(21)24/h7-8,10-11H,2-6,9H2,1H3. The van der Waals surface area contributed by atoms with Crippen LogP contribution >= 0.6 is 11.6 Å². The molecule has 132 valence electrons. The van der Waals surface area contributed by atoms with Gasteiger partial charge in [0.05, 0.1) is 23.0 Å². The molecular weight excluding hydrogens is 344 g/mol. The summed E-state index contributed by atoms with van der Waals surface area (Å²) in [6.07, 6.45) is 3.84. The van der Waals surface area contributed by atoms with Gasteiger partial charge in [-0.2, -0.15) is 0 Å². The van der Waals surface area contributed by atoms with E-state index in [9.17, 15) is 14.4 Å². The van der Waals surface area contributed by atoms with E-state index in [-0.39, 0.29) is 18.4 Å². The number of carbonyl (C=O) groups is 3. The molecule has 0 fully saturated rings. The molecule has 2 amide bonds. The van der Waals surface area contributed by atoms with Crippen LogP contribution in [0.2, 0.25) is 5.02 Å². The number of amides is 2. The molecule has 2 aliphatic rings. The van der Waals surface area contributed by atoms with E-state index < -0.39 is 0 Å². The first-order chi connectivity index (χ1) is 12.1. The van der Waals surface area contributed by atoms with Gasteiger partial charge in [-0.3, -0.25) is 14.4 Å². The third kappa shape index (κ3) is 3.19. The second kappa shape index (κ2) is 7.37. The van der Waals surface area contributed by atoms with E-state index >= 15 is 0 Å². The summed E-state index contributed by atoms with van der Waals surface area (Å²) in [5.74, 6) is -0.516. The highest BCUT2D eigenvalue weighted by atomic mass is 35.5. The zero-order chi connectivity index (χ0) is 18.0. The summed E-state index contributed by atoms with van der Waals surface area (Å²) in [4.78, 5) is 42.9. The molecule has 0 radical (unpaired) electrons. The van der Waals surface area contributed by atoms with Gasteiger partial charge in [-0.1, -0.05) is 11.6 Å². The first-order valence-electron chi connectivity index (χ1n) is 8.33. The van der Waals surface area contributed by atoms with E-state index in [2.05, 4.69) is 0 Å². The van der Waals surface area contributed by atoms with Crippen LogP contribution < -0.4 is 9.96 Å². The third-order valence-electron chi connectivity index (χ3n) is 4.37. The van der Waals surface area contributed by atoms with Crippen LogP contribution in [-0.4, -0.2) is 31.3 Å². The Hall–Kier alpha value is -2.18. The number of imide groups is 1. The van der Waals surface area contributed by atoms with Crippen molar-refractivity contribution >= 4 is 41.1 Å². The minimum Gasteiger partial charge on any atom is -0.301 e. The summed E-state index contributed by atoms with van der Waals surface area (Å²) in [5, 5.41) is 1.73. The normalized spacial score (nSPS) is 17.1. The van der Waals surface area contributed by atoms with Crippen molar-refractivity contribution in [2.24, 2.45) is 0 Å². The van der Waals surface area contributed by atoms with E-state index in [1.807, 2.05) is 0 Å². The average Bonchev–Trinajstić information content (AvgIpc) is 2.87. The van der Waals surface area contributed by atoms with E-state index in [4.69, 9.17) is 16.4 Å². The van der Waals surface area contributed by atoms with Crippen molar-refractivity contribution in [2.75, 3.05) is 23.1 Å². The quantitative estimate of drug-likeness (QED) is 0.442. The first kappa shape index (κ1) is 17.6. The van der Waals surface area contributed by atoms with E-state index in [1.165, 1.54) is 9.96 Å². The molecule has 1 heterocycles. The molecule has 1 aliphatic carbocycles. The van der Waals surface area contributed by atoms with E-state index in [0.717, 1.165) is 12.8 Å². The number of hydroxylamine groups is 1. The van der Waals surface area contributed by atoms with Crippen molar-refractivity contribution in [1.29, 1.82) is 0 Å². The van der Waals surface area contributed by atoms with Gasteiger partial charge in [0.1, 0.15) is 12.8 Å². The molecule has 0 bridgehead atoms. The Bertz CT molecular complexity index is 731. The number of hydrogen-bond acceptors (Lipinski definition) is 5. The summed E-state index contributed by atoms with van der Waals surface area (Å²) < 4.78 is 0. The highest BCUT2D eigenvalue weighted by Crippen LogP contribution is 2.38. The van der Waals surface area contributed by atoms with Gasteiger partial charge in [0.2, 0.25) is 0 Å². The molecule has 0 atom stereocenters. The van der Waals surface area contributed by atoms with Crippen molar-refractivity contribution < 1.29 is 19.2 Å². The molecule has 1 aromatic carbocycles. The average molecular weight is 363 g/mol. The lowest BCUT2D eigenvalue weighted by molar-refractivity contribution is -0.120. The molecule has 0 aromatic heterocycles. The summed E-state index contributed by atoms with van der Waals surface area (Å²) in [6, 6.07) is 4.84. The maximum Gasteiger partial charge on any atom is 0.261 e. The maximum absolute atomic E-state index is 12.7. The first-order valence-corrected chi connectivity index (χ1v) is 8.70. The number of halogens is 1. The summed E-state index contributed by atoms with van der Waals surface area (Å²) >= 11 is 6.23. The summed E-state index contributed by atoms with van der Waals surface area (Å²) in [6.45, 7) is 2.14. The summed E-state index contributed by atoms with van der Waals surface area (Å²) in [5.41, 5.74) is 2.13. The Labute approximate surface area is 150 Å². The molecule has 0 saturated heterocycles. The molecule has 0 spiro atoms. The predicted octanol–water partition coefficient (Wildman–Crippen LogP) is 3.04. The Kier molecular flexibility index (Phi) is 5.20. The molecule has 1 aromatic rings. The largest absolute Gasteiger partial charge is 0.301 e. The Morgan fingerprint density at radius 3 is 2.40 bits per heavy atom. The molecule has 3 rings (SSSR count). The van der Waals surface area contributed by atoms with Gasteiger partial charge in [0.15, 0.2) is 0 Å². The SMILES string of the molecule is CCON(CC=O)c1cc(N2C(=O)C3=C(CCCC3)C2=O)ccc1Cl. The topological polar surface area (TPSA) is 66.9 Å². The highest BCUT2D eigenvalue weighted by molar-refractivity contribution is 6.35. The van der Waals surface area contributed by atoms with Crippen molar-refractivity contribution in [3.05, 3.63) is 34.4 Å². The smallest absolute Gasteiger partial charge is 0.261 e. The van der Waals surface area contributed by atoms with Crippen LogP contribution in [0.1, 0.15) is 32.6 Å². The Morgan fingerprint density at radius 2 is 1.84 bits per heavy atom. The van der Waals surface area contributed by atoms with Crippen LogP contribution in [0.3, 0.4) is 0 Å². The number of aldehydes is 1. The van der Waals surface area contributed by atoms with Crippen LogP contribution in [0.15, 0.2) is 29.3 Å². The van der Waals surface area contributed by atoms with Crippen LogP contribution in [0, 0.1) is 0 Å². The van der Waals surface area contributed by atoms with Crippen molar-refractivity contribution in [1.82, 2.24) is 0 Å². The molecule has 1 aliphatic heterocycles. The van der Waals surface area contributed by atoms with Crippen LogP contribution in [-0.2, 0) is 19.2 Å². The molecule has 0 N–H and O–H groups in total. The lowest BCUT2D eigenvalue weighted by atomic mass is 9.93. The van der Waals surface area contributed by atoms with Crippen LogP contribution in [0.4, 0.5) is 11.4 Å². The van der Waals surface area contributed by atoms with Gasteiger partial charge < -0.3 is 4.79 Å². The fourth-order valence-corrected chi connectivity index (χ4v) is 3.46. The number of carbonyl (C=O) groups excluding carboxylic acids is 3. The molecule has 0 saturated carbocycles.